The van der Waals surface area contributed by atoms with Crippen LogP contribution in [0.1, 0.15) is 15.9 Å². The number of aldehydes is 1. The fourth-order valence-electron chi connectivity index (χ4n) is 1.22. The molecular weight excluding hydrogens is 234 g/mol. The molecule has 0 fully saturated rings. The molecule has 2 N–H and O–H groups in total. The molecule has 0 aliphatic heterocycles. The minimum atomic E-state index is 0.488. The van der Waals surface area contributed by atoms with Gasteiger partial charge in [-0.25, -0.2) is 9.97 Å². The number of rotatable bonds is 4. The third-order valence-electron chi connectivity index (χ3n) is 2.13. The van der Waals surface area contributed by atoms with Crippen LogP contribution in [0.4, 0.5) is 5.69 Å². The van der Waals surface area contributed by atoms with E-state index in [4.69, 9.17) is 5.73 Å². The number of thioether (sulfide) groups is 1. The number of nitrogen functional groups attached to an aromatic ring is 1. The molecule has 2 rings (SSSR count). The van der Waals surface area contributed by atoms with E-state index in [1.807, 2.05) is 24.3 Å². The lowest BCUT2D eigenvalue weighted by molar-refractivity contribution is 0.112. The number of aromatic nitrogens is 2. The number of benzene rings is 1. The summed E-state index contributed by atoms with van der Waals surface area (Å²) in [5.41, 5.74) is 8.00. The van der Waals surface area contributed by atoms with Crippen molar-refractivity contribution in [1.29, 1.82) is 0 Å². The summed E-state index contributed by atoms with van der Waals surface area (Å²) < 4.78 is 0. The largest absolute Gasteiger partial charge is 0.399 e. The van der Waals surface area contributed by atoms with Gasteiger partial charge in [0, 0.05) is 23.8 Å². The fraction of sp³-hybridized carbons (Fsp3) is 0.0833. The van der Waals surface area contributed by atoms with Crippen molar-refractivity contribution >= 4 is 23.7 Å². The Balaban J connectivity index is 1.97. The van der Waals surface area contributed by atoms with Crippen LogP contribution in [0.2, 0.25) is 0 Å². The Bertz CT molecular complexity index is 496. The van der Waals surface area contributed by atoms with Crippen LogP contribution in [0.5, 0.6) is 0 Å². The number of carbonyl (C=O) groups excluding carboxylic acids is 1. The van der Waals surface area contributed by atoms with Gasteiger partial charge in [-0.3, -0.25) is 4.79 Å². The maximum Gasteiger partial charge on any atom is 0.187 e. The summed E-state index contributed by atoms with van der Waals surface area (Å²) in [6.07, 6.45) is 3.77. The number of hydrogen-bond donors (Lipinski definition) is 1. The minimum absolute atomic E-state index is 0.488. The maximum atomic E-state index is 10.4. The molecule has 4 nitrogen and oxygen atoms in total. The van der Waals surface area contributed by atoms with Gasteiger partial charge in [-0.15, -0.1) is 0 Å². The van der Waals surface area contributed by atoms with E-state index in [1.54, 1.807) is 0 Å². The zero-order valence-electron chi connectivity index (χ0n) is 9.04. The van der Waals surface area contributed by atoms with E-state index >= 15 is 0 Å². The smallest absolute Gasteiger partial charge is 0.187 e. The Hall–Kier alpha value is -1.88. The third-order valence-corrected chi connectivity index (χ3v) is 3.08. The molecule has 2 aromatic rings. The van der Waals surface area contributed by atoms with E-state index in [2.05, 4.69) is 9.97 Å². The third kappa shape index (κ3) is 3.29. The normalized spacial score (nSPS) is 10.1. The van der Waals surface area contributed by atoms with Crippen LogP contribution < -0.4 is 5.73 Å². The van der Waals surface area contributed by atoms with Gasteiger partial charge < -0.3 is 5.73 Å². The summed E-state index contributed by atoms with van der Waals surface area (Å²) in [5.74, 6) is 0.778. The van der Waals surface area contributed by atoms with Gasteiger partial charge in [0.2, 0.25) is 0 Å². The second kappa shape index (κ2) is 5.45. The minimum Gasteiger partial charge on any atom is -0.399 e. The molecule has 0 saturated carbocycles. The highest BCUT2D eigenvalue weighted by molar-refractivity contribution is 7.98. The molecule has 0 amide bonds. The topological polar surface area (TPSA) is 68.9 Å². The average Bonchev–Trinajstić information content (AvgIpc) is 2.39. The van der Waals surface area contributed by atoms with Crippen molar-refractivity contribution in [3.8, 4) is 0 Å². The predicted molar refractivity (Wildman–Crippen MR) is 67.8 cm³/mol. The molecule has 1 aromatic carbocycles. The van der Waals surface area contributed by atoms with Crippen LogP contribution in [0.25, 0.3) is 0 Å². The number of carbonyl (C=O) groups is 1. The van der Waals surface area contributed by atoms with Crippen LogP contribution in [0.3, 0.4) is 0 Å². The van der Waals surface area contributed by atoms with Crippen LogP contribution >= 0.6 is 11.8 Å². The van der Waals surface area contributed by atoms with E-state index < -0.39 is 0 Å². The number of anilines is 1. The van der Waals surface area contributed by atoms with Crippen molar-refractivity contribution in [2.24, 2.45) is 0 Å². The Morgan fingerprint density at radius 2 is 1.82 bits per heavy atom. The zero-order valence-corrected chi connectivity index (χ0v) is 9.85. The SMILES string of the molecule is Nc1ccc(CSc2ncc(C=O)cn2)cc1. The Morgan fingerprint density at radius 1 is 1.18 bits per heavy atom. The highest BCUT2D eigenvalue weighted by Gasteiger charge is 1.99. The number of nitrogens with two attached hydrogens (primary N) is 1. The Kier molecular flexibility index (Phi) is 3.72. The molecular formula is C12H11N3OS. The van der Waals surface area contributed by atoms with Gasteiger partial charge in [-0.2, -0.15) is 0 Å². The van der Waals surface area contributed by atoms with Crippen molar-refractivity contribution < 1.29 is 4.79 Å². The summed E-state index contributed by atoms with van der Waals surface area (Å²) in [4.78, 5) is 18.6. The first kappa shape index (κ1) is 11.6. The van der Waals surface area contributed by atoms with E-state index in [0.29, 0.717) is 10.7 Å². The van der Waals surface area contributed by atoms with Gasteiger partial charge in [0.15, 0.2) is 11.4 Å². The van der Waals surface area contributed by atoms with Crippen molar-refractivity contribution in [2.75, 3.05) is 5.73 Å². The first-order valence-corrected chi connectivity index (χ1v) is 6.01. The van der Waals surface area contributed by atoms with Crippen molar-refractivity contribution in [3.63, 3.8) is 0 Å². The predicted octanol–water partition coefficient (Wildman–Crippen LogP) is 2.16. The average molecular weight is 245 g/mol. The van der Waals surface area contributed by atoms with Gasteiger partial charge in [-0.05, 0) is 17.7 Å². The lowest BCUT2D eigenvalue weighted by atomic mass is 10.2. The summed E-state index contributed by atoms with van der Waals surface area (Å²) in [6.45, 7) is 0. The van der Waals surface area contributed by atoms with Gasteiger partial charge in [0.1, 0.15) is 0 Å². The molecule has 5 heteroatoms. The van der Waals surface area contributed by atoms with E-state index in [1.165, 1.54) is 24.2 Å². The molecule has 17 heavy (non-hydrogen) atoms. The first-order valence-electron chi connectivity index (χ1n) is 5.02. The van der Waals surface area contributed by atoms with E-state index in [9.17, 15) is 4.79 Å². The molecule has 0 radical (unpaired) electrons. The van der Waals surface area contributed by atoms with E-state index in [0.717, 1.165) is 23.3 Å². The Labute approximate surface area is 103 Å². The fourth-order valence-corrected chi connectivity index (χ4v) is 1.97. The van der Waals surface area contributed by atoms with Crippen LogP contribution in [-0.4, -0.2) is 16.3 Å². The summed E-state index contributed by atoms with van der Waals surface area (Å²) >= 11 is 1.52. The highest BCUT2D eigenvalue weighted by atomic mass is 32.2. The lowest BCUT2D eigenvalue weighted by Gasteiger charge is -2.01. The number of nitrogens with zero attached hydrogens (tertiary/aromatic N) is 2. The van der Waals surface area contributed by atoms with Crippen molar-refractivity contribution in [2.45, 2.75) is 10.9 Å². The molecule has 1 aromatic heterocycles. The quantitative estimate of drug-likeness (QED) is 0.387. The highest BCUT2D eigenvalue weighted by Crippen LogP contribution is 2.19. The van der Waals surface area contributed by atoms with Crippen LogP contribution in [0, 0.1) is 0 Å². The number of hydrogen-bond acceptors (Lipinski definition) is 5. The van der Waals surface area contributed by atoms with Gasteiger partial charge in [-0.1, -0.05) is 23.9 Å². The Morgan fingerprint density at radius 3 is 2.41 bits per heavy atom. The molecule has 0 atom stereocenters. The summed E-state index contributed by atoms with van der Waals surface area (Å²) in [5, 5.41) is 0.660. The zero-order chi connectivity index (χ0) is 12.1. The summed E-state index contributed by atoms with van der Waals surface area (Å²) in [6, 6.07) is 7.68. The lowest BCUT2D eigenvalue weighted by Crippen LogP contribution is -1.90. The molecule has 0 aliphatic rings. The molecule has 0 spiro atoms. The van der Waals surface area contributed by atoms with Crippen LogP contribution in [-0.2, 0) is 5.75 Å². The second-order valence-electron chi connectivity index (χ2n) is 3.45. The maximum absolute atomic E-state index is 10.4. The first-order chi connectivity index (χ1) is 8.28. The molecule has 0 saturated heterocycles. The standard InChI is InChI=1S/C12H11N3OS/c13-11-3-1-9(2-4-11)8-17-12-14-5-10(7-16)6-15-12/h1-7H,8,13H2. The molecule has 0 unspecified atom stereocenters. The summed E-state index contributed by atoms with van der Waals surface area (Å²) in [7, 11) is 0. The van der Waals surface area contributed by atoms with Crippen LogP contribution in [0.15, 0.2) is 41.8 Å². The van der Waals surface area contributed by atoms with Gasteiger partial charge in [0.25, 0.3) is 0 Å². The molecule has 1 heterocycles. The monoisotopic (exact) mass is 245 g/mol. The molecule has 0 bridgehead atoms. The molecule has 0 aliphatic carbocycles. The van der Waals surface area contributed by atoms with Gasteiger partial charge in [0.05, 0.1) is 5.56 Å². The van der Waals surface area contributed by atoms with Crippen molar-refractivity contribution in [1.82, 2.24) is 9.97 Å². The second-order valence-corrected chi connectivity index (χ2v) is 4.39. The van der Waals surface area contributed by atoms with E-state index in [-0.39, 0.29) is 0 Å². The van der Waals surface area contributed by atoms with Gasteiger partial charge >= 0.3 is 0 Å². The molecule has 86 valence electrons. The van der Waals surface area contributed by atoms with Crippen molar-refractivity contribution in [3.05, 3.63) is 47.8 Å².